The van der Waals surface area contributed by atoms with Crippen LogP contribution in [0.1, 0.15) is 22.8 Å². The van der Waals surface area contributed by atoms with Crippen LogP contribution in [0.15, 0.2) is 53.1 Å². The average Bonchev–Trinajstić information content (AvgIpc) is 2.50. The normalized spacial score (nSPS) is 12.6. The quantitative estimate of drug-likeness (QED) is 0.740. The third-order valence-electron chi connectivity index (χ3n) is 3.55. The number of benzene rings is 2. The Kier molecular flexibility index (Phi) is 3.74. The van der Waals surface area contributed by atoms with Crippen molar-refractivity contribution in [1.82, 2.24) is 4.98 Å². The van der Waals surface area contributed by atoms with Crippen molar-refractivity contribution in [3.63, 3.8) is 0 Å². The number of pyridine rings is 1. The van der Waals surface area contributed by atoms with E-state index in [9.17, 15) is 9.50 Å². The number of aliphatic hydroxyl groups is 1. The number of aliphatic hydroxyl groups excluding tert-OH is 1. The van der Waals surface area contributed by atoms with Crippen LogP contribution >= 0.6 is 15.9 Å². The topological polar surface area (TPSA) is 33.1 Å². The van der Waals surface area contributed by atoms with Gasteiger partial charge in [-0.3, -0.25) is 4.98 Å². The van der Waals surface area contributed by atoms with Crippen molar-refractivity contribution in [2.24, 2.45) is 0 Å². The van der Waals surface area contributed by atoms with Gasteiger partial charge < -0.3 is 5.11 Å². The highest BCUT2D eigenvalue weighted by atomic mass is 79.9. The Morgan fingerprint density at radius 3 is 2.76 bits per heavy atom. The van der Waals surface area contributed by atoms with Crippen LogP contribution < -0.4 is 0 Å². The van der Waals surface area contributed by atoms with Gasteiger partial charge in [0.1, 0.15) is 11.9 Å². The second-order valence-electron chi connectivity index (χ2n) is 4.95. The molecule has 4 heteroatoms. The summed E-state index contributed by atoms with van der Waals surface area (Å²) < 4.78 is 14.6. The summed E-state index contributed by atoms with van der Waals surface area (Å²) in [7, 11) is 0. The Bertz CT molecular complexity index is 819. The van der Waals surface area contributed by atoms with Crippen molar-refractivity contribution >= 4 is 26.8 Å². The fraction of sp³-hybridized carbons (Fsp3) is 0.118. The molecule has 0 aliphatic rings. The van der Waals surface area contributed by atoms with Crippen molar-refractivity contribution in [2.45, 2.75) is 13.0 Å². The molecule has 1 aromatic heterocycles. The van der Waals surface area contributed by atoms with E-state index in [0.29, 0.717) is 22.2 Å². The Labute approximate surface area is 130 Å². The molecule has 1 N–H and O–H groups in total. The molecule has 0 saturated heterocycles. The van der Waals surface area contributed by atoms with Gasteiger partial charge in [0, 0.05) is 21.6 Å². The van der Waals surface area contributed by atoms with Crippen LogP contribution in [0.25, 0.3) is 10.9 Å². The Morgan fingerprint density at radius 2 is 2.00 bits per heavy atom. The lowest BCUT2D eigenvalue weighted by molar-refractivity contribution is 0.221. The highest BCUT2D eigenvalue weighted by Gasteiger charge is 2.16. The smallest absolute Gasteiger partial charge is 0.126 e. The average molecular weight is 346 g/mol. The largest absolute Gasteiger partial charge is 0.384 e. The molecule has 0 aliphatic carbocycles. The number of hydrogen-bond acceptors (Lipinski definition) is 2. The monoisotopic (exact) mass is 345 g/mol. The molecule has 0 amide bonds. The van der Waals surface area contributed by atoms with Crippen molar-refractivity contribution in [3.05, 3.63) is 75.6 Å². The summed E-state index contributed by atoms with van der Waals surface area (Å²) in [6, 6.07) is 12.2. The lowest BCUT2D eigenvalue weighted by Crippen LogP contribution is -2.02. The molecule has 1 unspecified atom stereocenters. The standard InChI is InChI=1S/C17H13BrFNO/c1-10-4-5-11(9-15(10)19)17(21)13-6-7-14(18)12-3-2-8-20-16(12)13/h2-9,17,21H,1H3. The summed E-state index contributed by atoms with van der Waals surface area (Å²) in [5.74, 6) is -0.319. The van der Waals surface area contributed by atoms with Crippen LogP contribution in [-0.2, 0) is 0 Å². The van der Waals surface area contributed by atoms with E-state index >= 15 is 0 Å². The number of aryl methyl sites for hydroxylation is 1. The second kappa shape index (κ2) is 5.54. The molecular weight excluding hydrogens is 333 g/mol. The zero-order valence-corrected chi connectivity index (χ0v) is 12.9. The van der Waals surface area contributed by atoms with Gasteiger partial charge in [0.2, 0.25) is 0 Å². The van der Waals surface area contributed by atoms with Crippen molar-refractivity contribution < 1.29 is 9.50 Å². The third kappa shape index (κ3) is 2.57. The first kappa shape index (κ1) is 14.2. The summed E-state index contributed by atoms with van der Waals surface area (Å²) in [6.07, 6.45) is 0.770. The zero-order chi connectivity index (χ0) is 15.0. The Balaban J connectivity index is 2.15. The van der Waals surface area contributed by atoms with Crippen LogP contribution in [-0.4, -0.2) is 10.1 Å². The lowest BCUT2D eigenvalue weighted by Gasteiger charge is -2.15. The summed E-state index contributed by atoms with van der Waals surface area (Å²) in [5.41, 5.74) is 2.45. The van der Waals surface area contributed by atoms with Crippen LogP contribution in [0.2, 0.25) is 0 Å². The van der Waals surface area contributed by atoms with E-state index in [4.69, 9.17) is 0 Å². The maximum Gasteiger partial charge on any atom is 0.126 e. The molecule has 3 rings (SSSR count). The van der Waals surface area contributed by atoms with Gasteiger partial charge >= 0.3 is 0 Å². The van der Waals surface area contributed by atoms with E-state index in [2.05, 4.69) is 20.9 Å². The van der Waals surface area contributed by atoms with Gasteiger partial charge in [0.15, 0.2) is 0 Å². The molecule has 0 bridgehead atoms. The molecule has 0 aliphatic heterocycles. The molecule has 2 nitrogen and oxygen atoms in total. The number of aromatic nitrogens is 1. The van der Waals surface area contributed by atoms with E-state index in [1.807, 2.05) is 24.3 Å². The summed E-state index contributed by atoms with van der Waals surface area (Å²) in [4.78, 5) is 4.34. The predicted octanol–water partition coefficient (Wildman–Crippen LogP) is 4.53. The molecule has 0 radical (unpaired) electrons. The Hall–Kier alpha value is -1.78. The first-order valence-electron chi connectivity index (χ1n) is 6.55. The van der Waals surface area contributed by atoms with Crippen LogP contribution in [0.4, 0.5) is 4.39 Å². The van der Waals surface area contributed by atoms with Gasteiger partial charge in [-0.1, -0.05) is 40.2 Å². The molecule has 1 heterocycles. The molecule has 0 fully saturated rings. The molecule has 21 heavy (non-hydrogen) atoms. The maximum atomic E-state index is 13.7. The van der Waals surface area contributed by atoms with E-state index in [-0.39, 0.29) is 5.82 Å². The van der Waals surface area contributed by atoms with Gasteiger partial charge in [0.05, 0.1) is 5.52 Å². The predicted molar refractivity (Wildman–Crippen MR) is 84.6 cm³/mol. The number of hydrogen-bond donors (Lipinski definition) is 1. The van der Waals surface area contributed by atoms with Crippen molar-refractivity contribution in [3.8, 4) is 0 Å². The lowest BCUT2D eigenvalue weighted by atomic mass is 9.98. The summed E-state index contributed by atoms with van der Waals surface area (Å²) in [6.45, 7) is 1.70. The molecule has 2 aromatic carbocycles. The van der Waals surface area contributed by atoms with E-state index in [1.165, 1.54) is 6.07 Å². The number of nitrogens with zero attached hydrogens (tertiary/aromatic N) is 1. The fourth-order valence-electron chi connectivity index (χ4n) is 2.34. The third-order valence-corrected chi connectivity index (χ3v) is 4.25. The molecule has 3 aromatic rings. The fourth-order valence-corrected chi connectivity index (χ4v) is 2.79. The minimum atomic E-state index is -0.911. The van der Waals surface area contributed by atoms with Crippen molar-refractivity contribution in [2.75, 3.05) is 0 Å². The van der Waals surface area contributed by atoms with Crippen LogP contribution in [0, 0.1) is 12.7 Å². The second-order valence-corrected chi connectivity index (χ2v) is 5.80. The van der Waals surface area contributed by atoms with E-state index in [1.54, 1.807) is 25.3 Å². The van der Waals surface area contributed by atoms with Gasteiger partial charge in [-0.15, -0.1) is 0 Å². The van der Waals surface area contributed by atoms with Crippen LogP contribution in [0.5, 0.6) is 0 Å². The highest BCUT2D eigenvalue weighted by molar-refractivity contribution is 9.10. The van der Waals surface area contributed by atoms with Gasteiger partial charge in [-0.2, -0.15) is 0 Å². The van der Waals surface area contributed by atoms with E-state index < -0.39 is 6.10 Å². The van der Waals surface area contributed by atoms with Crippen molar-refractivity contribution in [1.29, 1.82) is 0 Å². The molecule has 0 spiro atoms. The molecule has 106 valence electrons. The number of rotatable bonds is 2. The van der Waals surface area contributed by atoms with E-state index in [0.717, 1.165) is 9.86 Å². The van der Waals surface area contributed by atoms with Gasteiger partial charge in [-0.05, 0) is 36.2 Å². The highest BCUT2D eigenvalue weighted by Crippen LogP contribution is 2.32. The maximum absolute atomic E-state index is 13.7. The van der Waals surface area contributed by atoms with Crippen LogP contribution in [0.3, 0.4) is 0 Å². The SMILES string of the molecule is Cc1ccc(C(O)c2ccc(Br)c3cccnc23)cc1F. The first-order chi connectivity index (χ1) is 10.1. The number of halogens is 2. The molecular formula is C17H13BrFNO. The molecule has 0 saturated carbocycles. The molecule has 1 atom stereocenters. The first-order valence-corrected chi connectivity index (χ1v) is 7.34. The minimum absolute atomic E-state index is 0.319. The summed E-state index contributed by atoms with van der Waals surface area (Å²) >= 11 is 3.48. The Morgan fingerprint density at radius 1 is 1.19 bits per heavy atom. The van der Waals surface area contributed by atoms with Gasteiger partial charge in [-0.25, -0.2) is 4.39 Å². The number of fused-ring (bicyclic) bond motifs is 1. The van der Waals surface area contributed by atoms with Gasteiger partial charge in [0.25, 0.3) is 0 Å². The minimum Gasteiger partial charge on any atom is -0.384 e. The summed E-state index contributed by atoms with van der Waals surface area (Å²) in [5, 5.41) is 11.5. The zero-order valence-electron chi connectivity index (χ0n) is 11.3.